The van der Waals surface area contributed by atoms with E-state index in [-0.39, 0.29) is 24.0 Å². The number of nitrogens with one attached hydrogen (secondary N) is 2. The van der Waals surface area contributed by atoms with E-state index in [9.17, 15) is 0 Å². The summed E-state index contributed by atoms with van der Waals surface area (Å²) >= 11 is 0. The summed E-state index contributed by atoms with van der Waals surface area (Å²) in [6, 6.07) is 1.97. The Morgan fingerprint density at radius 2 is 2.08 bits per heavy atom. The van der Waals surface area contributed by atoms with Crippen molar-refractivity contribution >= 4 is 29.9 Å². The van der Waals surface area contributed by atoms with Gasteiger partial charge in [-0.3, -0.25) is 0 Å². The molecule has 150 valence electrons. The summed E-state index contributed by atoms with van der Waals surface area (Å²) in [5.74, 6) is 2.34. The van der Waals surface area contributed by atoms with Crippen LogP contribution in [0.25, 0.3) is 0 Å². The molecule has 1 atom stereocenters. The number of hydrogen-bond donors (Lipinski definition) is 2. The Balaban J connectivity index is 0.00000338. The second-order valence-electron chi connectivity index (χ2n) is 6.59. The predicted molar refractivity (Wildman–Crippen MR) is 116 cm³/mol. The van der Waals surface area contributed by atoms with E-state index in [1.165, 1.54) is 25.7 Å². The number of ether oxygens (including phenoxy) is 1. The standard InChI is InChI=1S/C19H34N4O2.HI/c1-4-16-13-17(25-23-16)14-22-19(20-5-2)21-12-11-18(24-6-3)15-9-7-8-10-15;/h13,15,18H,4-12,14H2,1-3H3,(H2,20,21,22);1H. The average molecular weight is 478 g/mol. The molecule has 1 aromatic rings. The van der Waals surface area contributed by atoms with Gasteiger partial charge in [0.05, 0.1) is 11.8 Å². The number of aromatic nitrogens is 1. The van der Waals surface area contributed by atoms with E-state index in [0.29, 0.717) is 12.6 Å². The van der Waals surface area contributed by atoms with Gasteiger partial charge in [-0.1, -0.05) is 24.9 Å². The van der Waals surface area contributed by atoms with Crippen molar-refractivity contribution in [2.24, 2.45) is 10.9 Å². The van der Waals surface area contributed by atoms with Gasteiger partial charge < -0.3 is 19.9 Å². The molecule has 0 aromatic carbocycles. The Hall–Kier alpha value is -0.830. The Bertz CT molecular complexity index is 515. The molecule has 2 rings (SSSR count). The van der Waals surface area contributed by atoms with Gasteiger partial charge in [-0.05, 0) is 45.4 Å². The molecule has 0 aliphatic heterocycles. The molecular formula is C19H35IN4O2. The van der Waals surface area contributed by atoms with Crippen molar-refractivity contribution in [3.8, 4) is 0 Å². The van der Waals surface area contributed by atoms with Crippen LogP contribution in [0.4, 0.5) is 0 Å². The minimum absolute atomic E-state index is 0. The van der Waals surface area contributed by atoms with Crippen molar-refractivity contribution < 1.29 is 9.26 Å². The second kappa shape index (κ2) is 13.4. The molecular weight excluding hydrogens is 443 g/mol. The maximum atomic E-state index is 5.99. The lowest BCUT2D eigenvalue weighted by molar-refractivity contribution is 0.0169. The second-order valence-corrected chi connectivity index (χ2v) is 6.59. The highest BCUT2D eigenvalue weighted by Crippen LogP contribution is 2.30. The van der Waals surface area contributed by atoms with E-state index in [1.807, 2.05) is 6.07 Å². The number of nitrogens with zero attached hydrogens (tertiary/aromatic N) is 2. The minimum atomic E-state index is 0. The molecule has 1 heterocycles. The smallest absolute Gasteiger partial charge is 0.191 e. The Morgan fingerprint density at radius 3 is 2.69 bits per heavy atom. The molecule has 6 nitrogen and oxygen atoms in total. The molecule has 1 aromatic heterocycles. The highest BCUT2D eigenvalue weighted by Gasteiger charge is 2.25. The first-order valence-electron chi connectivity index (χ1n) is 9.85. The van der Waals surface area contributed by atoms with Gasteiger partial charge in [-0.15, -0.1) is 24.0 Å². The fourth-order valence-electron chi connectivity index (χ4n) is 3.43. The van der Waals surface area contributed by atoms with Crippen LogP contribution in [0.3, 0.4) is 0 Å². The van der Waals surface area contributed by atoms with Crippen molar-refractivity contribution in [1.82, 2.24) is 15.8 Å². The van der Waals surface area contributed by atoms with Gasteiger partial charge in [-0.2, -0.15) is 0 Å². The largest absolute Gasteiger partial charge is 0.378 e. The van der Waals surface area contributed by atoms with Crippen LogP contribution in [0, 0.1) is 5.92 Å². The van der Waals surface area contributed by atoms with Gasteiger partial charge in [0.1, 0.15) is 6.54 Å². The average Bonchev–Trinajstić information content (AvgIpc) is 3.30. The molecule has 26 heavy (non-hydrogen) atoms. The third-order valence-electron chi connectivity index (χ3n) is 4.73. The summed E-state index contributed by atoms with van der Waals surface area (Å²) in [4.78, 5) is 4.59. The lowest BCUT2D eigenvalue weighted by atomic mass is 9.98. The van der Waals surface area contributed by atoms with E-state index in [0.717, 1.165) is 55.9 Å². The summed E-state index contributed by atoms with van der Waals surface area (Å²) < 4.78 is 11.3. The van der Waals surface area contributed by atoms with Crippen LogP contribution in [0.1, 0.15) is 64.3 Å². The molecule has 0 spiro atoms. The van der Waals surface area contributed by atoms with E-state index >= 15 is 0 Å². The number of rotatable bonds is 10. The number of halogens is 1. The summed E-state index contributed by atoms with van der Waals surface area (Å²) in [5.41, 5.74) is 0.972. The van der Waals surface area contributed by atoms with Crippen molar-refractivity contribution in [1.29, 1.82) is 0 Å². The first-order valence-corrected chi connectivity index (χ1v) is 9.85. The summed E-state index contributed by atoms with van der Waals surface area (Å²) in [6.07, 6.45) is 7.58. The lowest BCUT2D eigenvalue weighted by Gasteiger charge is -2.24. The maximum Gasteiger partial charge on any atom is 0.191 e. The normalized spacial score (nSPS) is 16.3. The quantitative estimate of drug-likeness (QED) is 0.303. The zero-order chi connectivity index (χ0) is 17.9. The Morgan fingerprint density at radius 1 is 1.31 bits per heavy atom. The van der Waals surface area contributed by atoms with E-state index in [1.54, 1.807) is 0 Å². The van der Waals surface area contributed by atoms with Crippen molar-refractivity contribution in [2.45, 2.75) is 71.9 Å². The van der Waals surface area contributed by atoms with E-state index in [4.69, 9.17) is 9.26 Å². The predicted octanol–water partition coefficient (Wildman–Crippen LogP) is 3.90. The number of hydrogen-bond acceptors (Lipinski definition) is 4. The van der Waals surface area contributed by atoms with Crippen LogP contribution in [-0.4, -0.2) is 36.9 Å². The molecule has 0 bridgehead atoms. The monoisotopic (exact) mass is 478 g/mol. The summed E-state index contributed by atoms with van der Waals surface area (Å²) in [7, 11) is 0. The SMILES string of the molecule is CCNC(=NCc1cc(CC)no1)NCCC(OCC)C1CCCC1.I. The van der Waals surface area contributed by atoms with Crippen LogP contribution < -0.4 is 10.6 Å². The van der Waals surface area contributed by atoms with E-state index < -0.39 is 0 Å². The van der Waals surface area contributed by atoms with Crippen molar-refractivity contribution in [3.05, 3.63) is 17.5 Å². The fourth-order valence-corrected chi connectivity index (χ4v) is 3.43. The summed E-state index contributed by atoms with van der Waals surface area (Å²) in [6.45, 7) is 9.21. The fraction of sp³-hybridized carbons (Fsp3) is 0.789. The molecule has 0 amide bonds. The van der Waals surface area contributed by atoms with Gasteiger partial charge in [0, 0.05) is 25.8 Å². The number of aliphatic imine (C=N–C) groups is 1. The maximum absolute atomic E-state index is 5.99. The van der Waals surface area contributed by atoms with Crippen LogP contribution in [0.15, 0.2) is 15.6 Å². The Labute approximate surface area is 174 Å². The molecule has 0 saturated heterocycles. The molecule has 2 N–H and O–H groups in total. The number of aryl methyl sites for hydroxylation is 1. The molecule has 1 fully saturated rings. The van der Waals surface area contributed by atoms with Crippen LogP contribution in [0.2, 0.25) is 0 Å². The van der Waals surface area contributed by atoms with Gasteiger partial charge in [-0.25, -0.2) is 4.99 Å². The van der Waals surface area contributed by atoms with Crippen molar-refractivity contribution in [3.63, 3.8) is 0 Å². The Kier molecular flexibility index (Phi) is 11.9. The van der Waals surface area contributed by atoms with Crippen LogP contribution >= 0.6 is 24.0 Å². The third kappa shape index (κ3) is 7.82. The zero-order valence-electron chi connectivity index (χ0n) is 16.4. The minimum Gasteiger partial charge on any atom is -0.378 e. The lowest BCUT2D eigenvalue weighted by Crippen LogP contribution is -2.39. The van der Waals surface area contributed by atoms with Gasteiger partial charge in [0.15, 0.2) is 11.7 Å². The molecule has 1 unspecified atom stereocenters. The molecule has 1 aliphatic rings. The van der Waals surface area contributed by atoms with Crippen LogP contribution in [0.5, 0.6) is 0 Å². The first kappa shape index (κ1) is 23.2. The third-order valence-corrected chi connectivity index (χ3v) is 4.73. The number of guanidine groups is 1. The van der Waals surface area contributed by atoms with Gasteiger partial charge in [0.2, 0.25) is 0 Å². The molecule has 1 saturated carbocycles. The molecule has 0 radical (unpaired) electrons. The van der Waals surface area contributed by atoms with E-state index in [2.05, 4.69) is 41.6 Å². The van der Waals surface area contributed by atoms with Gasteiger partial charge in [0.25, 0.3) is 0 Å². The summed E-state index contributed by atoms with van der Waals surface area (Å²) in [5, 5.41) is 10.7. The highest BCUT2D eigenvalue weighted by molar-refractivity contribution is 14.0. The first-order chi connectivity index (χ1) is 12.3. The topological polar surface area (TPSA) is 71.7 Å². The zero-order valence-corrected chi connectivity index (χ0v) is 18.8. The van der Waals surface area contributed by atoms with Crippen molar-refractivity contribution in [2.75, 3.05) is 19.7 Å². The highest BCUT2D eigenvalue weighted by atomic mass is 127. The molecule has 7 heteroatoms. The van der Waals surface area contributed by atoms with Crippen LogP contribution in [-0.2, 0) is 17.7 Å². The van der Waals surface area contributed by atoms with Gasteiger partial charge >= 0.3 is 0 Å². The molecule has 1 aliphatic carbocycles.